The van der Waals surface area contributed by atoms with Crippen LogP contribution in [-0.4, -0.2) is 10.9 Å². The molecule has 2 aromatic carbocycles. The number of nitrogens with zero attached hydrogens (tertiary/aromatic N) is 1. The van der Waals surface area contributed by atoms with Crippen LogP contribution >= 0.6 is 34.5 Å². The first kappa shape index (κ1) is 15.0. The Labute approximate surface area is 141 Å². The number of anilines is 1. The third-order valence-electron chi connectivity index (χ3n) is 2.88. The molecule has 0 aliphatic heterocycles. The molecule has 1 amide bonds. The molecule has 22 heavy (non-hydrogen) atoms. The first-order chi connectivity index (χ1) is 10.6. The summed E-state index contributed by atoms with van der Waals surface area (Å²) >= 11 is 13.1. The van der Waals surface area contributed by atoms with Gasteiger partial charge in [-0.25, -0.2) is 4.98 Å². The van der Waals surface area contributed by atoms with Gasteiger partial charge in [0, 0.05) is 16.1 Å². The third kappa shape index (κ3) is 3.65. The van der Waals surface area contributed by atoms with Crippen molar-refractivity contribution in [2.45, 2.75) is 0 Å². The predicted molar refractivity (Wildman–Crippen MR) is 93.7 cm³/mol. The van der Waals surface area contributed by atoms with E-state index in [9.17, 15) is 4.79 Å². The van der Waals surface area contributed by atoms with E-state index in [2.05, 4.69) is 10.3 Å². The van der Waals surface area contributed by atoms with E-state index in [1.54, 1.807) is 24.3 Å². The largest absolute Gasteiger partial charge is 0.298 e. The number of halogens is 2. The molecule has 3 aromatic rings. The lowest BCUT2D eigenvalue weighted by atomic mass is 10.2. The van der Waals surface area contributed by atoms with E-state index in [-0.39, 0.29) is 5.91 Å². The average molecular weight is 349 g/mol. The van der Waals surface area contributed by atoms with Gasteiger partial charge in [-0.15, -0.1) is 0 Å². The number of hydrogen-bond donors (Lipinski definition) is 1. The quantitative estimate of drug-likeness (QED) is 0.656. The highest BCUT2D eigenvalue weighted by molar-refractivity contribution is 7.22. The maximum absolute atomic E-state index is 11.9. The van der Waals surface area contributed by atoms with Crippen LogP contribution in [0.4, 0.5) is 5.13 Å². The number of fused-ring (bicyclic) bond motifs is 1. The molecule has 110 valence electrons. The van der Waals surface area contributed by atoms with E-state index in [1.165, 1.54) is 17.4 Å². The summed E-state index contributed by atoms with van der Waals surface area (Å²) in [5, 5.41) is 4.60. The molecule has 0 spiro atoms. The maximum Gasteiger partial charge on any atom is 0.250 e. The molecule has 0 saturated carbocycles. The van der Waals surface area contributed by atoms with Crippen LogP contribution in [0, 0.1) is 0 Å². The van der Waals surface area contributed by atoms with Gasteiger partial charge in [0.25, 0.3) is 0 Å². The van der Waals surface area contributed by atoms with Crippen LogP contribution in [0.2, 0.25) is 10.0 Å². The minimum atomic E-state index is -0.236. The number of carbonyl (C=O) groups is 1. The Balaban J connectivity index is 1.71. The molecule has 1 N–H and O–H groups in total. The van der Waals surface area contributed by atoms with Crippen LogP contribution < -0.4 is 5.32 Å². The highest BCUT2D eigenvalue weighted by Crippen LogP contribution is 2.28. The minimum absolute atomic E-state index is 0.236. The summed E-state index contributed by atoms with van der Waals surface area (Å²) < 4.78 is 0.935. The van der Waals surface area contributed by atoms with Crippen LogP contribution in [-0.2, 0) is 4.79 Å². The number of amides is 1. The van der Waals surface area contributed by atoms with E-state index < -0.39 is 0 Å². The van der Waals surface area contributed by atoms with Crippen molar-refractivity contribution in [1.82, 2.24) is 4.98 Å². The lowest BCUT2D eigenvalue weighted by Gasteiger charge is -1.96. The van der Waals surface area contributed by atoms with Gasteiger partial charge in [-0.05, 0) is 42.0 Å². The monoisotopic (exact) mass is 348 g/mol. The van der Waals surface area contributed by atoms with Gasteiger partial charge in [-0.3, -0.25) is 10.1 Å². The normalized spacial score (nSPS) is 11.2. The number of benzene rings is 2. The van der Waals surface area contributed by atoms with Gasteiger partial charge in [0.2, 0.25) is 5.91 Å². The zero-order valence-corrected chi connectivity index (χ0v) is 13.5. The van der Waals surface area contributed by atoms with Crippen LogP contribution in [0.5, 0.6) is 0 Å². The van der Waals surface area contributed by atoms with E-state index >= 15 is 0 Å². The van der Waals surface area contributed by atoms with E-state index in [0.29, 0.717) is 15.2 Å². The average Bonchev–Trinajstić information content (AvgIpc) is 2.88. The van der Waals surface area contributed by atoms with Gasteiger partial charge in [-0.2, -0.15) is 0 Å². The number of hydrogen-bond acceptors (Lipinski definition) is 3. The van der Waals surface area contributed by atoms with Crippen molar-refractivity contribution in [3.63, 3.8) is 0 Å². The summed E-state index contributed by atoms with van der Waals surface area (Å²) in [6, 6.07) is 12.7. The fourth-order valence-electron chi connectivity index (χ4n) is 1.84. The number of aromatic nitrogens is 1. The lowest BCUT2D eigenvalue weighted by molar-refractivity contribution is -0.111. The molecule has 0 atom stereocenters. The van der Waals surface area contributed by atoms with Gasteiger partial charge in [0.15, 0.2) is 5.13 Å². The van der Waals surface area contributed by atoms with Crippen LogP contribution in [0.1, 0.15) is 5.56 Å². The Kier molecular flexibility index (Phi) is 4.43. The summed E-state index contributed by atoms with van der Waals surface area (Å²) in [5.41, 5.74) is 1.71. The van der Waals surface area contributed by atoms with Crippen molar-refractivity contribution >= 4 is 61.9 Å². The predicted octanol–water partition coefficient (Wildman–Crippen LogP) is 5.26. The number of carbonyl (C=O) groups excluding carboxylic acids is 1. The topological polar surface area (TPSA) is 42.0 Å². The first-order valence-corrected chi connectivity index (χ1v) is 7.98. The van der Waals surface area contributed by atoms with Gasteiger partial charge in [0.1, 0.15) is 0 Å². The molecule has 0 unspecified atom stereocenters. The summed E-state index contributed by atoms with van der Waals surface area (Å²) in [7, 11) is 0. The molecule has 1 aromatic heterocycles. The summed E-state index contributed by atoms with van der Waals surface area (Å²) in [5.74, 6) is -0.236. The molecule has 6 heteroatoms. The number of thiazole rings is 1. The fraction of sp³-hybridized carbons (Fsp3) is 0. The molecule has 3 nitrogen and oxygen atoms in total. The van der Waals surface area contributed by atoms with E-state index in [0.717, 1.165) is 15.8 Å². The standard InChI is InChI=1S/C16H10Cl2N2OS/c17-11-4-1-10(2-5-11)3-8-15(21)20-16-19-13-7-6-12(18)9-14(13)22-16/h1-9H,(H,19,20,21)/b8-3+. The van der Waals surface area contributed by atoms with Gasteiger partial charge < -0.3 is 0 Å². The summed E-state index contributed by atoms with van der Waals surface area (Å²) in [4.78, 5) is 16.3. The SMILES string of the molecule is O=C(/C=C/c1ccc(Cl)cc1)Nc1nc2ccc(Cl)cc2s1. The third-order valence-corrected chi connectivity index (χ3v) is 4.30. The van der Waals surface area contributed by atoms with Crippen molar-refractivity contribution < 1.29 is 4.79 Å². The molecular weight excluding hydrogens is 339 g/mol. The van der Waals surface area contributed by atoms with Crippen molar-refractivity contribution in [2.75, 3.05) is 5.32 Å². The molecule has 0 bridgehead atoms. The fourth-order valence-corrected chi connectivity index (χ4v) is 3.12. The van der Waals surface area contributed by atoms with E-state index in [4.69, 9.17) is 23.2 Å². The number of rotatable bonds is 3. The Bertz CT molecular complexity index is 856. The number of nitrogens with one attached hydrogen (secondary N) is 1. The molecule has 0 aliphatic rings. The second kappa shape index (κ2) is 6.48. The maximum atomic E-state index is 11.9. The highest BCUT2D eigenvalue weighted by Gasteiger charge is 2.06. The van der Waals surface area contributed by atoms with Crippen molar-refractivity contribution in [2.24, 2.45) is 0 Å². The lowest BCUT2D eigenvalue weighted by Crippen LogP contribution is -2.07. The highest BCUT2D eigenvalue weighted by atomic mass is 35.5. The molecular formula is C16H10Cl2N2OS. The Morgan fingerprint density at radius 3 is 2.59 bits per heavy atom. The summed E-state index contributed by atoms with van der Waals surface area (Å²) in [6.07, 6.45) is 3.18. The van der Waals surface area contributed by atoms with Gasteiger partial charge in [0.05, 0.1) is 10.2 Å². The molecule has 0 radical (unpaired) electrons. The molecule has 3 rings (SSSR count). The van der Waals surface area contributed by atoms with Crippen molar-refractivity contribution in [3.8, 4) is 0 Å². The molecule has 0 saturated heterocycles. The summed E-state index contributed by atoms with van der Waals surface area (Å²) in [6.45, 7) is 0. The van der Waals surface area contributed by atoms with Crippen LogP contribution in [0.25, 0.3) is 16.3 Å². The van der Waals surface area contributed by atoms with Gasteiger partial charge in [-0.1, -0.05) is 46.7 Å². The smallest absolute Gasteiger partial charge is 0.250 e. The van der Waals surface area contributed by atoms with Crippen molar-refractivity contribution in [1.29, 1.82) is 0 Å². The van der Waals surface area contributed by atoms with Crippen LogP contribution in [0.15, 0.2) is 48.5 Å². The van der Waals surface area contributed by atoms with Gasteiger partial charge >= 0.3 is 0 Å². The Morgan fingerprint density at radius 2 is 1.82 bits per heavy atom. The van der Waals surface area contributed by atoms with Crippen molar-refractivity contribution in [3.05, 3.63) is 64.1 Å². The molecule has 0 fully saturated rings. The molecule has 0 aliphatic carbocycles. The first-order valence-electron chi connectivity index (χ1n) is 6.41. The zero-order chi connectivity index (χ0) is 15.5. The molecule has 1 heterocycles. The second-order valence-electron chi connectivity index (χ2n) is 4.51. The minimum Gasteiger partial charge on any atom is -0.298 e. The second-order valence-corrected chi connectivity index (χ2v) is 6.41. The van der Waals surface area contributed by atoms with E-state index in [1.807, 2.05) is 24.3 Å². The van der Waals surface area contributed by atoms with Crippen LogP contribution in [0.3, 0.4) is 0 Å². The zero-order valence-electron chi connectivity index (χ0n) is 11.2. The Morgan fingerprint density at radius 1 is 1.09 bits per heavy atom. The Hall–Kier alpha value is -1.88.